The predicted octanol–water partition coefficient (Wildman–Crippen LogP) is 11.9. The van der Waals surface area contributed by atoms with Gasteiger partial charge >= 0.3 is 0 Å². The van der Waals surface area contributed by atoms with Gasteiger partial charge < -0.3 is 10.2 Å². The van der Waals surface area contributed by atoms with Gasteiger partial charge in [-0.15, -0.1) is 0 Å². The highest BCUT2D eigenvalue weighted by Crippen LogP contribution is 2.20. The summed E-state index contributed by atoms with van der Waals surface area (Å²) in [5.41, 5.74) is 0. The predicted molar refractivity (Wildman–Crippen MR) is 171 cm³/mol. The lowest BCUT2D eigenvalue weighted by molar-refractivity contribution is 0.0528. The molecule has 0 aromatic carbocycles. The van der Waals surface area contributed by atoms with Crippen molar-refractivity contribution in [2.24, 2.45) is 5.92 Å². The second kappa shape index (κ2) is 32.9. The summed E-state index contributed by atoms with van der Waals surface area (Å²) in [6, 6.07) is 0. The van der Waals surface area contributed by atoms with Crippen LogP contribution in [0.2, 0.25) is 0 Å². The zero-order chi connectivity index (χ0) is 27.8. The van der Waals surface area contributed by atoms with Gasteiger partial charge in [-0.2, -0.15) is 0 Å². The smallest absolute Gasteiger partial charge is 0.0590 e. The molecule has 0 aromatic heterocycles. The first-order chi connectivity index (χ1) is 18.8. The summed E-state index contributed by atoms with van der Waals surface area (Å²) >= 11 is 0. The van der Waals surface area contributed by atoms with E-state index in [1.807, 2.05) is 0 Å². The molecule has 0 spiro atoms. The summed E-state index contributed by atoms with van der Waals surface area (Å²) < 4.78 is 0. The summed E-state index contributed by atoms with van der Waals surface area (Å²) in [4.78, 5) is 0. The average Bonchev–Trinajstić information content (AvgIpc) is 2.93. The van der Waals surface area contributed by atoms with E-state index < -0.39 is 0 Å². The quantitative estimate of drug-likeness (QED) is 0.0663. The van der Waals surface area contributed by atoms with Gasteiger partial charge in [-0.25, -0.2) is 0 Å². The van der Waals surface area contributed by atoms with Crippen LogP contribution < -0.4 is 0 Å². The number of rotatable bonds is 32. The maximum Gasteiger partial charge on any atom is 0.0590 e. The molecule has 0 fully saturated rings. The lowest BCUT2D eigenvalue weighted by Gasteiger charge is -2.21. The fourth-order valence-corrected chi connectivity index (χ4v) is 5.67. The number of aliphatic hydroxyl groups excluding tert-OH is 2. The van der Waals surface area contributed by atoms with Crippen LogP contribution in [0, 0.1) is 5.92 Å². The van der Waals surface area contributed by atoms with E-state index in [0.717, 1.165) is 25.7 Å². The molecule has 2 heteroatoms. The van der Waals surface area contributed by atoms with Crippen molar-refractivity contribution in [1.29, 1.82) is 0 Å². The van der Waals surface area contributed by atoms with Crippen molar-refractivity contribution in [2.75, 3.05) is 6.61 Å². The normalized spacial score (nSPS) is 13.5. The third-order valence-corrected chi connectivity index (χ3v) is 8.47. The molecule has 0 bridgehead atoms. The van der Waals surface area contributed by atoms with Gasteiger partial charge in [-0.3, -0.25) is 0 Å². The van der Waals surface area contributed by atoms with Crippen LogP contribution in [0.15, 0.2) is 12.2 Å². The zero-order valence-electron chi connectivity index (χ0n) is 26.4. The lowest BCUT2D eigenvalue weighted by Crippen LogP contribution is -2.23. The van der Waals surface area contributed by atoms with Crippen LogP contribution in [0.5, 0.6) is 0 Å². The van der Waals surface area contributed by atoms with Crippen LogP contribution in [-0.4, -0.2) is 22.9 Å². The summed E-state index contributed by atoms with van der Waals surface area (Å²) in [7, 11) is 0. The van der Waals surface area contributed by atoms with E-state index in [4.69, 9.17) is 0 Å². The lowest BCUT2D eigenvalue weighted by atomic mass is 9.92. The Labute approximate surface area is 240 Å². The minimum Gasteiger partial charge on any atom is -0.396 e. The summed E-state index contributed by atoms with van der Waals surface area (Å²) in [6.45, 7) is 4.71. The molecule has 0 radical (unpaired) electrons. The van der Waals surface area contributed by atoms with Crippen molar-refractivity contribution in [3.8, 4) is 0 Å². The Balaban J connectivity index is 3.44. The molecule has 228 valence electrons. The van der Waals surface area contributed by atoms with Crippen molar-refractivity contribution in [3.05, 3.63) is 12.2 Å². The molecule has 0 aliphatic carbocycles. The highest BCUT2D eigenvalue weighted by molar-refractivity contribution is 4.81. The first-order valence-electron chi connectivity index (χ1n) is 17.7. The SMILES string of the molecule is CCCCCCCC/C=C\CCCCCCCCC(CO)C(O)CCCCCCCCCCCCCCC. The fourth-order valence-electron chi connectivity index (χ4n) is 5.67. The van der Waals surface area contributed by atoms with Crippen molar-refractivity contribution < 1.29 is 10.2 Å². The third-order valence-electron chi connectivity index (χ3n) is 8.47. The van der Waals surface area contributed by atoms with Gasteiger partial charge in [-0.05, 0) is 38.5 Å². The number of hydrogen-bond acceptors (Lipinski definition) is 2. The van der Waals surface area contributed by atoms with Crippen LogP contribution >= 0.6 is 0 Å². The molecule has 0 aromatic rings. The number of unbranched alkanes of at least 4 members (excludes halogenated alkanes) is 24. The second-order valence-corrected chi connectivity index (χ2v) is 12.3. The highest BCUT2D eigenvalue weighted by Gasteiger charge is 2.17. The molecular formula is C36H72O2. The minimum atomic E-state index is -0.309. The Hall–Kier alpha value is -0.340. The summed E-state index contributed by atoms with van der Waals surface area (Å²) in [6.07, 6.45) is 42.6. The van der Waals surface area contributed by atoms with Gasteiger partial charge in [0.05, 0.1) is 6.10 Å². The van der Waals surface area contributed by atoms with Crippen molar-refractivity contribution >= 4 is 0 Å². The van der Waals surface area contributed by atoms with Gasteiger partial charge in [0, 0.05) is 12.5 Å². The van der Waals surface area contributed by atoms with E-state index in [2.05, 4.69) is 26.0 Å². The van der Waals surface area contributed by atoms with Crippen molar-refractivity contribution in [2.45, 2.75) is 206 Å². The minimum absolute atomic E-state index is 0.0871. The Morgan fingerprint density at radius 2 is 0.737 bits per heavy atom. The van der Waals surface area contributed by atoms with E-state index in [1.54, 1.807) is 0 Å². The number of allylic oxidation sites excluding steroid dienone is 2. The molecule has 38 heavy (non-hydrogen) atoms. The zero-order valence-corrected chi connectivity index (χ0v) is 26.4. The number of hydrogen-bond donors (Lipinski definition) is 2. The van der Waals surface area contributed by atoms with Crippen molar-refractivity contribution in [3.63, 3.8) is 0 Å². The van der Waals surface area contributed by atoms with Gasteiger partial charge in [0.25, 0.3) is 0 Å². The molecule has 0 saturated carbocycles. The molecule has 0 aliphatic heterocycles. The Morgan fingerprint density at radius 3 is 1.11 bits per heavy atom. The molecule has 0 heterocycles. The number of aliphatic hydroxyl groups is 2. The third kappa shape index (κ3) is 28.7. The molecule has 2 nitrogen and oxygen atoms in total. The monoisotopic (exact) mass is 537 g/mol. The largest absolute Gasteiger partial charge is 0.396 e. The maximum atomic E-state index is 10.5. The fraction of sp³-hybridized carbons (Fsp3) is 0.944. The van der Waals surface area contributed by atoms with Gasteiger partial charge in [0.1, 0.15) is 0 Å². The van der Waals surface area contributed by atoms with E-state index in [0.29, 0.717) is 0 Å². The standard InChI is InChI=1S/C36H72O2/c1-3-5-7-9-11-13-15-17-18-19-21-22-24-26-28-30-32-35(34-37)36(38)33-31-29-27-25-23-20-16-14-12-10-8-6-4-2/h17-18,35-38H,3-16,19-34H2,1-2H3/b18-17-. The molecule has 0 amide bonds. The molecule has 2 N–H and O–H groups in total. The molecular weight excluding hydrogens is 464 g/mol. The molecule has 0 saturated heterocycles. The van der Waals surface area contributed by atoms with Gasteiger partial charge in [-0.1, -0.05) is 174 Å². The highest BCUT2D eigenvalue weighted by atomic mass is 16.3. The summed E-state index contributed by atoms with van der Waals surface area (Å²) in [5.74, 6) is 0.0871. The van der Waals surface area contributed by atoms with E-state index in [-0.39, 0.29) is 18.6 Å². The van der Waals surface area contributed by atoms with Crippen LogP contribution in [0.4, 0.5) is 0 Å². The van der Waals surface area contributed by atoms with Crippen LogP contribution in [0.3, 0.4) is 0 Å². The van der Waals surface area contributed by atoms with E-state index in [1.165, 1.54) is 161 Å². The van der Waals surface area contributed by atoms with Gasteiger partial charge in [0.2, 0.25) is 0 Å². The van der Waals surface area contributed by atoms with Gasteiger partial charge in [0.15, 0.2) is 0 Å². The Morgan fingerprint density at radius 1 is 0.421 bits per heavy atom. The van der Waals surface area contributed by atoms with Crippen LogP contribution in [0.1, 0.15) is 200 Å². The summed E-state index contributed by atoms with van der Waals surface area (Å²) in [5, 5.41) is 20.3. The topological polar surface area (TPSA) is 40.5 Å². The van der Waals surface area contributed by atoms with Crippen molar-refractivity contribution in [1.82, 2.24) is 0 Å². The average molecular weight is 537 g/mol. The Kier molecular flexibility index (Phi) is 32.6. The molecule has 2 atom stereocenters. The Bertz CT molecular complexity index is 447. The first kappa shape index (κ1) is 37.7. The first-order valence-corrected chi connectivity index (χ1v) is 17.7. The van der Waals surface area contributed by atoms with Crippen LogP contribution in [-0.2, 0) is 0 Å². The van der Waals surface area contributed by atoms with E-state index >= 15 is 0 Å². The van der Waals surface area contributed by atoms with Crippen LogP contribution in [0.25, 0.3) is 0 Å². The maximum absolute atomic E-state index is 10.5. The van der Waals surface area contributed by atoms with E-state index in [9.17, 15) is 10.2 Å². The second-order valence-electron chi connectivity index (χ2n) is 12.3. The molecule has 0 rings (SSSR count). The molecule has 0 aliphatic rings. The molecule has 2 unspecified atom stereocenters.